The number of sulfone groups is 1. The number of nitrogens with one attached hydrogen (secondary N) is 1. The molecule has 3 aromatic heterocycles. The zero-order valence-electron chi connectivity index (χ0n) is 42.3. The third-order valence-electron chi connectivity index (χ3n) is 13.0. The lowest BCUT2D eigenvalue weighted by Gasteiger charge is -2.35. The lowest BCUT2D eigenvalue weighted by molar-refractivity contribution is -0.161. The quantitative estimate of drug-likeness (QED) is 0.0284. The summed E-state index contributed by atoms with van der Waals surface area (Å²) in [5, 5.41) is 8.29. The molecule has 3 amide bonds. The molecule has 3 N–H and O–H groups in total. The maximum Gasteiger partial charge on any atom is 0.472 e. The number of sulfonamides is 1. The first-order valence-corrected chi connectivity index (χ1v) is 28.5. The summed E-state index contributed by atoms with van der Waals surface area (Å²) < 4.78 is 219. The van der Waals surface area contributed by atoms with Crippen molar-refractivity contribution in [2.24, 2.45) is 5.92 Å². The van der Waals surface area contributed by atoms with Crippen LogP contribution in [-0.4, -0.2) is 117 Å². The summed E-state index contributed by atoms with van der Waals surface area (Å²) in [6, 6.07) is 2.54. The summed E-state index contributed by atoms with van der Waals surface area (Å²) in [6.07, 6.45) is -10.4. The molecule has 20 nitrogen and oxygen atoms in total. The number of hydrogen-bond donors (Lipinski definition) is 3. The van der Waals surface area contributed by atoms with E-state index in [-0.39, 0.29) is 31.3 Å². The molecule has 3 atom stereocenters. The van der Waals surface area contributed by atoms with Crippen LogP contribution in [0, 0.1) is 29.4 Å². The summed E-state index contributed by atoms with van der Waals surface area (Å²) >= 11 is 6.68. The zero-order valence-corrected chi connectivity index (χ0v) is 45.6. The summed E-state index contributed by atoms with van der Waals surface area (Å²) in [6.45, 7) is -0.507. The monoisotopic (exact) mass is 1220 g/mol. The molecule has 2 aliphatic carbocycles. The van der Waals surface area contributed by atoms with Gasteiger partial charge in [-0.05, 0) is 88.3 Å². The molecule has 2 aliphatic rings. The van der Waals surface area contributed by atoms with Crippen LogP contribution in [0.25, 0.3) is 22.0 Å². The molecule has 1 fully saturated rings. The molecule has 7 rings (SSSR count). The third kappa shape index (κ3) is 12.6. The van der Waals surface area contributed by atoms with Gasteiger partial charge in [0.05, 0.1) is 33.9 Å². The van der Waals surface area contributed by atoms with E-state index >= 15 is 8.78 Å². The number of ether oxygens (including phenoxy) is 1. The van der Waals surface area contributed by atoms with Crippen molar-refractivity contribution in [2.75, 3.05) is 30.7 Å². The average Bonchev–Trinajstić information content (AvgIpc) is 3.83. The molecule has 0 bridgehead atoms. The van der Waals surface area contributed by atoms with Gasteiger partial charge >= 0.3 is 32.2 Å². The van der Waals surface area contributed by atoms with Crippen LogP contribution in [0.1, 0.15) is 80.0 Å². The zero-order chi connectivity index (χ0) is 60.0. The van der Waals surface area contributed by atoms with E-state index in [2.05, 4.69) is 36.9 Å². The van der Waals surface area contributed by atoms with Crippen LogP contribution >= 0.6 is 19.4 Å². The standard InChI is InChI=1S/C46H44ClF10N8O12PS2/c1-42(2,79(6,72)73)13-12-25-8-9-26(35(58-25)31(16-22-14-23(48)17-24(49)15-22)59-32(66)19-63-38-33(37(60-63)46(55,56)57)28-18-29(28)45(38,53)54)27-10-11-30(47)34-36(27)64(20-44(50,51)52)61-39(34)65(80(7,74)75)41(68)62(5)43(3,4)40(67)76-21-77-78(69,70)71/h8-11,14-15,17,28-29,31H,16,18-21H2,1-7H3,(H,59,66)(H2,69,70,71)/t28-,29+,31-/m0/s1. The van der Waals surface area contributed by atoms with Crippen LogP contribution in [0.2, 0.25) is 5.02 Å². The normalized spacial score (nSPS) is 16.8. The van der Waals surface area contributed by atoms with E-state index in [9.17, 15) is 70.9 Å². The number of phosphoric acid groups is 1. The number of nitrogens with zero attached hydrogens (tertiary/aromatic N) is 7. The molecule has 0 saturated heterocycles. The number of anilines is 1. The Balaban J connectivity index is 1.47. The fraction of sp³-hybridized carbons (Fsp3) is 0.435. The number of phosphoric ester groups is 1. The summed E-state index contributed by atoms with van der Waals surface area (Å²) in [5.41, 5.74) is -8.86. The third-order valence-corrected chi connectivity index (χ3v) is 16.7. The molecule has 5 aromatic rings. The Morgan fingerprint density at radius 3 is 2.12 bits per heavy atom. The summed E-state index contributed by atoms with van der Waals surface area (Å²) in [5.74, 6) is -8.02. The van der Waals surface area contributed by atoms with E-state index in [1.165, 1.54) is 13.8 Å². The van der Waals surface area contributed by atoms with Gasteiger partial charge in [-0.15, -0.1) is 0 Å². The van der Waals surface area contributed by atoms with Crippen molar-refractivity contribution < 1.29 is 98.7 Å². The molecule has 80 heavy (non-hydrogen) atoms. The lowest BCUT2D eigenvalue weighted by Crippen LogP contribution is -2.57. The Kier molecular flexibility index (Phi) is 16.0. The van der Waals surface area contributed by atoms with Crippen molar-refractivity contribution in [3.8, 4) is 23.0 Å². The number of carbonyl (C=O) groups is 3. The summed E-state index contributed by atoms with van der Waals surface area (Å²) in [7, 11) is -13.5. The van der Waals surface area contributed by atoms with Gasteiger partial charge in [0.1, 0.15) is 46.4 Å². The molecule has 434 valence electrons. The fourth-order valence-electron chi connectivity index (χ4n) is 8.63. The van der Waals surface area contributed by atoms with Gasteiger partial charge in [0.2, 0.25) is 22.7 Å². The second kappa shape index (κ2) is 20.9. The SMILES string of the molecule is CN(C(=O)N(c1nn(CC(F)(F)F)c2c(-c3ccc(C#CC(C)(C)S(C)(=O)=O)nc3[C@H](Cc3cc(F)cc(F)c3)NC(=O)Cn3nc(C(F)(F)F)c4c3C(F)(F)[C@@H]3C[C@H]43)ccc(Cl)c12)S(C)(=O)=O)C(C)(C)C(=O)OCOP(=O)(O)O. The molecule has 0 spiro atoms. The molecule has 0 radical (unpaired) electrons. The van der Waals surface area contributed by atoms with Crippen LogP contribution in [0.4, 0.5) is 54.5 Å². The highest BCUT2D eigenvalue weighted by molar-refractivity contribution is 7.93. The number of halogens is 11. The predicted molar refractivity (Wildman–Crippen MR) is 261 cm³/mol. The minimum absolute atomic E-state index is 0.148. The number of pyridine rings is 1. The molecule has 1 saturated carbocycles. The second-order valence-corrected chi connectivity index (χ2v) is 25.7. The first kappa shape index (κ1) is 61.3. The van der Waals surface area contributed by atoms with E-state index in [0.717, 1.165) is 63.5 Å². The Morgan fingerprint density at radius 1 is 0.950 bits per heavy atom. The van der Waals surface area contributed by atoms with Crippen molar-refractivity contribution in [2.45, 2.75) is 94.1 Å². The van der Waals surface area contributed by atoms with E-state index in [0.29, 0.717) is 17.2 Å². The predicted octanol–water partition coefficient (Wildman–Crippen LogP) is 7.50. The highest BCUT2D eigenvalue weighted by atomic mass is 35.5. The van der Waals surface area contributed by atoms with Gasteiger partial charge in [-0.3, -0.25) is 14.2 Å². The van der Waals surface area contributed by atoms with Crippen LogP contribution in [0.5, 0.6) is 0 Å². The van der Waals surface area contributed by atoms with Gasteiger partial charge in [0.25, 0.3) is 5.92 Å². The van der Waals surface area contributed by atoms with Gasteiger partial charge in [0.15, 0.2) is 21.3 Å². The highest BCUT2D eigenvalue weighted by Gasteiger charge is 2.68. The number of benzene rings is 2. The van der Waals surface area contributed by atoms with Crippen molar-refractivity contribution in [3.05, 3.63) is 93.0 Å². The number of likely N-dealkylation sites (N-methyl/N-ethyl adjacent to an activating group) is 1. The first-order chi connectivity index (χ1) is 36.4. The Hall–Kier alpha value is -6.36. The van der Waals surface area contributed by atoms with Crippen LogP contribution < -0.4 is 9.62 Å². The topological polar surface area (TPSA) is 263 Å². The minimum atomic E-state index is -5.27. The Morgan fingerprint density at radius 2 is 1.56 bits per heavy atom. The van der Waals surface area contributed by atoms with Gasteiger partial charge < -0.3 is 24.7 Å². The largest absolute Gasteiger partial charge is 0.472 e. The van der Waals surface area contributed by atoms with E-state index in [4.69, 9.17) is 26.1 Å². The van der Waals surface area contributed by atoms with Gasteiger partial charge in [-0.1, -0.05) is 23.6 Å². The molecule has 2 aromatic carbocycles. The number of esters is 1. The number of carbonyl (C=O) groups excluding carboxylic acids is 3. The molecule has 0 unspecified atom stereocenters. The molecule has 0 aliphatic heterocycles. The number of rotatable bonds is 16. The Labute approximate surface area is 452 Å². The maximum absolute atomic E-state index is 15.7. The van der Waals surface area contributed by atoms with Crippen molar-refractivity contribution >= 4 is 73.9 Å². The van der Waals surface area contributed by atoms with Crippen LogP contribution in [-0.2, 0) is 74.9 Å². The number of fused-ring (bicyclic) bond motifs is 4. The number of urea groups is 1. The smallest absolute Gasteiger partial charge is 0.436 e. The first-order valence-electron chi connectivity index (χ1n) is 22.9. The van der Waals surface area contributed by atoms with Gasteiger partial charge in [-0.25, -0.2) is 49.3 Å². The van der Waals surface area contributed by atoms with E-state index in [1.807, 2.05) is 0 Å². The highest BCUT2D eigenvalue weighted by Crippen LogP contribution is 2.68. The molecular weight excluding hydrogens is 1180 g/mol. The second-order valence-electron chi connectivity index (χ2n) is 19.6. The number of amides is 3. The van der Waals surface area contributed by atoms with Crippen LogP contribution in [0.3, 0.4) is 0 Å². The van der Waals surface area contributed by atoms with E-state index < -0.39 is 185 Å². The minimum Gasteiger partial charge on any atom is -0.436 e. The Bertz CT molecular complexity index is 3710. The lowest BCUT2D eigenvalue weighted by atomic mass is 9.93. The van der Waals surface area contributed by atoms with E-state index in [1.54, 1.807) is 0 Å². The molecule has 3 heterocycles. The van der Waals surface area contributed by atoms with Gasteiger partial charge in [0, 0.05) is 42.0 Å². The number of aromatic nitrogens is 5. The molecular formula is C46H44ClF10N8O12PS2. The average molecular weight is 1220 g/mol. The van der Waals surface area contributed by atoms with Crippen molar-refractivity contribution in [1.82, 2.24) is 34.8 Å². The summed E-state index contributed by atoms with van der Waals surface area (Å²) in [4.78, 5) is 64.7. The fourth-order valence-corrected chi connectivity index (χ4v) is 10.1. The van der Waals surface area contributed by atoms with Gasteiger partial charge in [-0.2, -0.15) is 49.6 Å². The number of hydrogen-bond acceptors (Lipinski definition) is 13. The van der Waals surface area contributed by atoms with Crippen LogP contribution in [0.15, 0.2) is 42.5 Å². The van der Waals surface area contributed by atoms with Crippen molar-refractivity contribution in [3.63, 3.8) is 0 Å². The number of alkyl halides is 8. The van der Waals surface area contributed by atoms with Crippen molar-refractivity contribution in [1.29, 1.82) is 0 Å². The maximum atomic E-state index is 15.7. The molecule has 34 heteroatoms.